The minimum atomic E-state index is 0.431. The molecule has 0 aliphatic heterocycles. The van der Waals surface area contributed by atoms with E-state index in [2.05, 4.69) is 0 Å². The van der Waals surface area contributed by atoms with Gasteiger partial charge in [0, 0.05) is 13.7 Å². The van der Waals surface area contributed by atoms with Crippen LogP contribution >= 0.6 is 0 Å². The molecular formula is C9H21NO5. The highest BCUT2D eigenvalue weighted by molar-refractivity contribution is 4.35. The van der Waals surface area contributed by atoms with Crippen LogP contribution in [0.2, 0.25) is 0 Å². The number of hydroxylamine groups is 1. The standard InChI is InChI=1S/C9H21NO5/c1-12-4-5-14-8-9-15-7-6-13-3-2-10-11/h10-11H,2-9H2,1H3. The van der Waals surface area contributed by atoms with Gasteiger partial charge in [0.2, 0.25) is 0 Å². The first-order valence-electron chi connectivity index (χ1n) is 5.01. The van der Waals surface area contributed by atoms with E-state index < -0.39 is 0 Å². The maximum Gasteiger partial charge on any atom is 0.0701 e. The van der Waals surface area contributed by atoms with Crippen LogP contribution in [-0.4, -0.2) is 65.1 Å². The molecule has 0 atom stereocenters. The number of methoxy groups -OCH3 is 1. The summed E-state index contributed by atoms with van der Waals surface area (Å²) in [5.74, 6) is 0. The molecule has 0 aliphatic rings. The highest BCUT2D eigenvalue weighted by atomic mass is 16.6. The Kier molecular flexibility index (Phi) is 13.5. The van der Waals surface area contributed by atoms with Gasteiger partial charge in [0.15, 0.2) is 0 Å². The lowest BCUT2D eigenvalue weighted by Gasteiger charge is -2.06. The summed E-state index contributed by atoms with van der Waals surface area (Å²) in [6.45, 7) is 4.31. The Morgan fingerprint density at radius 2 is 1.27 bits per heavy atom. The van der Waals surface area contributed by atoms with Crippen molar-refractivity contribution in [2.45, 2.75) is 0 Å². The third-order valence-electron chi connectivity index (χ3n) is 1.53. The number of ether oxygens (including phenoxy) is 4. The largest absolute Gasteiger partial charge is 0.382 e. The van der Waals surface area contributed by atoms with Crippen LogP contribution in [0.1, 0.15) is 0 Å². The molecule has 0 rings (SSSR count). The van der Waals surface area contributed by atoms with Crippen molar-refractivity contribution in [3.8, 4) is 0 Å². The highest BCUT2D eigenvalue weighted by Crippen LogP contribution is 1.81. The molecule has 92 valence electrons. The first-order valence-corrected chi connectivity index (χ1v) is 5.01. The molecule has 0 aliphatic carbocycles. The third kappa shape index (κ3) is 13.8. The van der Waals surface area contributed by atoms with Gasteiger partial charge in [-0.25, -0.2) is 5.48 Å². The van der Waals surface area contributed by atoms with Gasteiger partial charge >= 0.3 is 0 Å². The van der Waals surface area contributed by atoms with Gasteiger partial charge in [0.25, 0.3) is 0 Å². The van der Waals surface area contributed by atoms with Crippen LogP contribution in [0.25, 0.3) is 0 Å². The second-order valence-electron chi connectivity index (χ2n) is 2.74. The summed E-state index contributed by atoms with van der Waals surface area (Å²) in [6, 6.07) is 0. The molecule has 15 heavy (non-hydrogen) atoms. The van der Waals surface area contributed by atoms with Gasteiger partial charge in [-0.2, -0.15) is 0 Å². The monoisotopic (exact) mass is 223 g/mol. The van der Waals surface area contributed by atoms with Crippen molar-refractivity contribution >= 4 is 0 Å². The van der Waals surface area contributed by atoms with E-state index in [1.165, 1.54) is 0 Å². The predicted octanol–water partition coefficient (Wildman–Crippen LogP) is -0.339. The molecule has 6 heteroatoms. The Balaban J connectivity index is 2.81. The Morgan fingerprint density at radius 3 is 1.73 bits per heavy atom. The number of hydrogen-bond acceptors (Lipinski definition) is 6. The van der Waals surface area contributed by atoms with Gasteiger partial charge in [-0.3, -0.25) is 0 Å². The molecule has 0 spiro atoms. The van der Waals surface area contributed by atoms with E-state index >= 15 is 0 Å². The second-order valence-corrected chi connectivity index (χ2v) is 2.74. The minimum absolute atomic E-state index is 0.431. The van der Waals surface area contributed by atoms with Crippen LogP contribution in [0.5, 0.6) is 0 Å². The quantitative estimate of drug-likeness (QED) is 0.348. The summed E-state index contributed by atoms with van der Waals surface area (Å²) in [6.07, 6.45) is 0. The smallest absolute Gasteiger partial charge is 0.0701 e. The first kappa shape index (κ1) is 14.8. The van der Waals surface area contributed by atoms with Crippen molar-refractivity contribution in [2.75, 3.05) is 59.9 Å². The van der Waals surface area contributed by atoms with E-state index in [-0.39, 0.29) is 0 Å². The van der Waals surface area contributed by atoms with E-state index in [1.54, 1.807) is 7.11 Å². The van der Waals surface area contributed by atoms with E-state index in [0.29, 0.717) is 52.8 Å². The summed E-state index contributed by atoms with van der Waals surface area (Å²) < 4.78 is 20.3. The third-order valence-corrected chi connectivity index (χ3v) is 1.53. The van der Waals surface area contributed by atoms with Gasteiger partial charge in [-0.1, -0.05) is 0 Å². The topological polar surface area (TPSA) is 69.2 Å². The maximum atomic E-state index is 8.22. The molecule has 0 saturated carbocycles. The van der Waals surface area contributed by atoms with Gasteiger partial charge in [0.1, 0.15) is 0 Å². The van der Waals surface area contributed by atoms with Crippen LogP contribution in [0.4, 0.5) is 0 Å². The zero-order chi connectivity index (χ0) is 11.2. The van der Waals surface area contributed by atoms with Crippen molar-refractivity contribution in [1.82, 2.24) is 5.48 Å². The molecule has 0 amide bonds. The van der Waals surface area contributed by atoms with E-state index in [4.69, 9.17) is 24.2 Å². The lowest BCUT2D eigenvalue weighted by atomic mass is 10.7. The van der Waals surface area contributed by atoms with Crippen LogP contribution in [0, 0.1) is 0 Å². The lowest BCUT2D eigenvalue weighted by Crippen LogP contribution is -2.17. The van der Waals surface area contributed by atoms with E-state index in [9.17, 15) is 0 Å². The normalized spacial score (nSPS) is 10.8. The molecule has 0 unspecified atom stereocenters. The van der Waals surface area contributed by atoms with Crippen molar-refractivity contribution in [3.05, 3.63) is 0 Å². The molecular weight excluding hydrogens is 202 g/mol. The van der Waals surface area contributed by atoms with E-state index in [1.807, 2.05) is 5.48 Å². The molecule has 0 aromatic heterocycles. The van der Waals surface area contributed by atoms with Crippen LogP contribution in [0.15, 0.2) is 0 Å². The minimum Gasteiger partial charge on any atom is -0.382 e. The summed E-state index contributed by atoms with van der Waals surface area (Å²) >= 11 is 0. The van der Waals surface area contributed by atoms with E-state index in [0.717, 1.165) is 0 Å². The molecule has 0 aromatic carbocycles. The number of nitrogens with one attached hydrogen (secondary N) is 1. The Hall–Kier alpha value is -0.240. The fraction of sp³-hybridized carbons (Fsp3) is 1.00. The van der Waals surface area contributed by atoms with Crippen LogP contribution in [-0.2, 0) is 18.9 Å². The molecule has 2 N–H and O–H groups in total. The Labute approximate surface area is 90.4 Å². The number of hydrogen-bond donors (Lipinski definition) is 2. The molecule has 0 heterocycles. The number of rotatable bonds is 12. The molecule has 6 nitrogen and oxygen atoms in total. The van der Waals surface area contributed by atoms with Crippen molar-refractivity contribution in [1.29, 1.82) is 0 Å². The van der Waals surface area contributed by atoms with Gasteiger partial charge in [-0.15, -0.1) is 0 Å². The highest BCUT2D eigenvalue weighted by Gasteiger charge is 1.91. The molecule has 0 bridgehead atoms. The Morgan fingerprint density at radius 1 is 0.800 bits per heavy atom. The molecule has 0 aromatic rings. The SMILES string of the molecule is COCCOCCOCCOCCNO. The first-order chi connectivity index (χ1) is 7.41. The van der Waals surface area contributed by atoms with Gasteiger partial charge < -0.3 is 24.2 Å². The Bertz CT molecular complexity index is 103. The van der Waals surface area contributed by atoms with Gasteiger partial charge in [0.05, 0.1) is 46.2 Å². The summed E-state index contributed by atoms with van der Waals surface area (Å²) in [5.41, 5.74) is 2.00. The fourth-order valence-electron chi connectivity index (χ4n) is 0.802. The molecule has 0 fully saturated rings. The van der Waals surface area contributed by atoms with Crippen LogP contribution in [0.3, 0.4) is 0 Å². The average Bonchev–Trinajstić information content (AvgIpc) is 2.26. The predicted molar refractivity (Wildman–Crippen MR) is 54.1 cm³/mol. The summed E-state index contributed by atoms with van der Waals surface area (Å²) in [7, 11) is 1.64. The zero-order valence-corrected chi connectivity index (χ0v) is 9.24. The maximum absolute atomic E-state index is 8.22. The molecule has 0 saturated heterocycles. The summed E-state index contributed by atoms with van der Waals surface area (Å²) in [4.78, 5) is 0. The summed E-state index contributed by atoms with van der Waals surface area (Å²) in [5, 5.41) is 8.22. The lowest BCUT2D eigenvalue weighted by molar-refractivity contribution is 0.00101. The van der Waals surface area contributed by atoms with Gasteiger partial charge in [-0.05, 0) is 0 Å². The van der Waals surface area contributed by atoms with Crippen LogP contribution < -0.4 is 5.48 Å². The zero-order valence-electron chi connectivity index (χ0n) is 9.24. The average molecular weight is 223 g/mol. The van der Waals surface area contributed by atoms with Crippen molar-refractivity contribution < 1.29 is 24.2 Å². The second kappa shape index (κ2) is 13.8. The fourth-order valence-corrected chi connectivity index (χ4v) is 0.802. The van der Waals surface area contributed by atoms with Crippen molar-refractivity contribution in [2.24, 2.45) is 0 Å². The van der Waals surface area contributed by atoms with Crippen molar-refractivity contribution in [3.63, 3.8) is 0 Å². The molecule has 0 radical (unpaired) electrons.